The molecule has 0 unspecified atom stereocenters. The van der Waals surface area contributed by atoms with Gasteiger partial charge in [-0.15, -0.1) is 50.6 Å². The summed E-state index contributed by atoms with van der Waals surface area (Å²) in [4.78, 5) is 107. The fraction of sp³-hybridized carbons (Fsp3) is 1.00. The van der Waals surface area contributed by atoms with Crippen LogP contribution >= 0.6 is 0 Å². The van der Waals surface area contributed by atoms with Crippen molar-refractivity contribution in [3.8, 4) is 0 Å². The van der Waals surface area contributed by atoms with Gasteiger partial charge in [-0.05, 0) is 0 Å². The maximum absolute atomic E-state index is 12.0. The minimum Gasteiger partial charge on any atom is -0.311 e. The van der Waals surface area contributed by atoms with E-state index in [1.807, 2.05) is 0 Å². The van der Waals surface area contributed by atoms with Crippen molar-refractivity contribution in [1.82, 2.24) is 0 Å². The van der Waals surface area contributed by atoms with Crippen molar-refractivity contribution in [1.29, 1.82) is 0 Å². The third-order valence-corrected chi connectivity index (χ3v) is 3.10. The lowest BCUT2D eigenvalue weighted by Crippen LogP contribution is -2.46. The summed E-state index contributed by atoms with van der Waals surface area (Å²) in [5, 5.41) is 50.9. The zero-order chi connectivity index (χ0) is 27.8. The molecule has 1 N–H and O–H groups in total. The molecule has 0 bridgehead atoms. The SMILES string of the molecule is O=[N+]([O-])OC[C@H](O[N+](=O)[O-])[C@@H](CO[N+](=O)[O-])O[N+](=O)O[C@H](CO[N+](=O)[O-])[C@H](CO[N+](=O)O)O[N+](=O)[O-]. The summed E-state index contributed by atoms with van der Waals surface area (Å²) in [5.74, 6) is 0. The first kappa shape index (κ1) is 30.4. The maximum Gasteiger partial charge on any atom is 0.478 e. The molecule has 204 valence electrons. The van der Waals surface area contributed by atoms with Crippen molar-refractivity contribution >= 4 is 0 Å². The molecule has 0 aromatic heterocycles. The number of rotatable bonds is 22. The Morgan fingerprint density at radius 1 is 0.472 bits per heavy atom. The Balaban J connectivity index is 5.79. The molecule has 0 spiro atoms. The second kappa shape index (κ2) is 15.3. The Kier molecular flexibility index (Phi) is 12.9. The standard InChI is InChI=1S/C8H13N7O21/c16-9(17)29-1-5(33-13(24)25)7(3-31-11(20)21)35-15(28)36-8(4-32-12(22)23)6(34-14(26)27)2-30-10(18)19/h5-8H,1-4H2,(H,16,17)/q+2/t5-,6-,7+,8+/m0/s1. The fourth-order valence-electron chi connectivity index (χ4n) is 1.83. The van der Waals surface area contributed by atoms with E-state index in [1.165, 1.54) is 0 Å². The smallest absolute Gasteiger partial charge is 0.311 e. The van der Waals surface area contributed by atoms with Gasteiger partial charge in [0.2, 0.25) is 18.8 Å². The molecule has 0 saturated heterocycles. The predicted octanol–water partition coefficient (Wildman–Crippen LogP) is -2.76. The summed E-state index contributed by atoms with van der Waals surface area (Å²) in [7, 11) is 0. The summed E-state index contributed by atoms with van der Waals surface area (Å²) in [6, 6.07) is 0. The molecule has 0 saturated carbocycles. The van der Waals surface area contributed by atoms with E-state index in [-0.39, 0.29) is 0 Å². The van der Waals surface area contributed by atoms with Gasteiger partial charge in [-0.2, -0.15) is 14.5 Å². The molecule has 0 aliphatic heterocycles. The lowest BCUT2D eigenvalue weighted by Gasteiger charge is -2.20. The van der Waals surface area contributed by atoms with Gasteiger partial charge >= 0.3 is 10.2 Å². The average Bonchev–Trinajstić information content (AvgIpc) is 2.73. The third kappa shape index (κ3) is 14.5. The Bertz CT molecular complexity index is 756. The van der Waals surface area contributed by atoms with Crippen LogP contribution in [0.2, 0.25) is 0 Å². The van der Waals surface area contributed by atoms with Crippen molar-refractivity contribution in [3.63, 3.8) is 0 Å². The lowest BCUT2D eigenvalue weighted by atomic mass is 10.2. The second-order valence-corrected chi connectivity index (χ2v) is 5.34. The highest BCUT2D eigenvalue weighted by atomic mass is 17.0. The van der Waals surface area contributed by atoms with Crippen LogP contribution in [0.5, 0.6) is 0 Å². The molecule has 28 nitrogen and oxygen atoms in total. The molecule has 0 radical (unpaired) electrons. The normalized spacial score (nSPS) is 13.3. The summed E-state index contributed by atoms with van der Waals surface area (Å²) < 4.78 is 0. The van der Waals surface area contributed by atoms with Crippen LogP contribution in [0.3, 0.4) is 0 Å². The van der Waals surface area contributed by atoms with Crippen LogP contribution in [0.1, 0.15) is 0 Å². The fourth-order valence-corrected chi connectivity index (χ4v) is 1.83. The maximum atomic E-state index is 12.0. The topological polar surface area (TPSA) is 350 Å². The van der Waals surface area contributed by atoms with Crippen molar-refractivity contribution in [3.05, 3.63) is 60.4 Å². The van der Waals surface area contributed by atoms with Gasteiger partial charge in [-0.25, -0.2) is 5.21 Å². The zero-order valence-corrected chi connectivity index (χ0v) is 16.9. The van der Waals surface area contributed by atoms with Crippen LogP contribution in [0, 0.1) is 60.4 Å². The number of nitrogens with zero attached hydrogens (tertiary/aromatic N) is 7. The number of hydrogen-bond donors (Lipinski definition) is 1. The summed E-state index contributed by atoms with van der Waals surface area (Å²) in [5.41, 5.74) is 0. The first-order valence-electron chi connectivity index (χ1n) is 8.25. The molecule has 28 heteroatoms. The Morgan fingerprint density at radius 2 is 0.750 bits per heavy atom. The quantitative estimate of drug-likeness (QED) is 0.107. The van der Waals surface area contributed by atoms with Crippen molar-refractivity contribution in [2.45, 2.75) is 24.4 Å². The van der Waals surface area contributed by atoms with Gasteiger partial charge in [0, 0.05) is 0 Å². The van der Waals surface area contributed by atoms with Gasteiger partial charge < -0.3 is 24.2 Å². The van der Waals surface area contributed by atoms with Crippen molar-refractivity contribution in [2.24, 2.45) is 0 Å². The Hall–Kier alpha value is -5.60. The van der Waals surface area contributed by atoms with Gasteiger partial charge in [0.1, 0.15) is 29.6 Å². The van der Waals surface area contributed by atoms with Crippen molar-refractivity contribution in [2.75, 3.05) is 26.4 Å². The molecule has 0 amide bonds. The molecular weight excluding hydrogens is 530 g/mol. The van der Waals surface area contributed by atoms with E-state index in [1.54, 1.807) is 0 Å². The molecule has 0 aliphatic rings. The van der Waals surface area contributed by atoms with E-state index in [4.69, 9.17) is 5.21 Å². The Labute approximate surface area is 192 Å². The van der Waals surface area contributed by atoms with Gasteiger partial charge in [-0.3, -0.25) is 0 Å². The predicted molar refractivity (Wildman–Crippen MR) is 87.3 cm³/mol. The van der Waals surface area contributed by atoms with E-state index in [9.17, 15) is 60.4 Å². The summed E-state index contributed by atoms with van der Waals surface area (Å²) >= 11 is 0. The highest BCUT2D eigenvalue weighted by Gasteiger charge is 2.42. The minimum atomic E-state index is -2.32. The van der Waals surface area contributed by atoms with E-state index >= 15 is 0 Å². The van der Waals surface area contributed by atoms with E-state index in [0.717, 1.165) is 0 Å². The summed E-state index contributed by atoms with van der Waals surface area (Å²) in [6.45, 7) is -5.49. The molecule has 36 heavy (non-hydrogen) atoms. The van der Waals surface area contributed by atoms with E-state index in [0.29, 0.717) is 0 Å². The van der Waals surface area contributed by atoms with Crippen LogP contribution in [0.15, 0.2) is 0 Å². The van der Waals surface area contributed by atoms with Crippen LogP contribution in [0.4, 0.5) is 0 Å². The molecule has 0 fully saturated rings. The van der Waals surface area contributed by atoms with Crippen LogP contribution in [-0.4, -0.2) is 91.7 Å². The first-order chi connectivity index (χ1) is 16.7. The van der Waals surface area contributed by atoms with E-state index < -0.39 is 86.4 Å². The van der Waals surface area contributed by atoms with Gasteiger partial charge in [0.05, 0.1) is 0 Å². The first-order valence-corrected chi connectivity index (χ1v) is 8.25. The second-order valence-electron chi connectivity index (χ2n) is 5.34. The third-order valence-electron chi connectivity index (χ3n) is 3.10. The largest absolute Gasteiger partial charge is 0.478 e. The molecular formula is C8H13N7O21+2. The van der Waals surface area contributed by atoms with Gasteiger partial charge in [0.25, 0.3) is 25.4 Å². The monoisotopic (exact) mass is 543 g/mol. The molecule has 0 rings (SSSR count). The van der Waals surface area contributed by atoms with E-state index in [2.05, 4.69) is 38.7 Å². The van der Waals surface area contributed by atoms with Gasteiger partial charge in [0.15, 0.2) is 12.2 Å². The molecule has 0 aliphatic carbocycles. The van der Waals surface area contributed by atoms with Gasteiger partial charge in [-0.1, -0.05) is 0 Å². The minimum absolute atomic E-state index is 1.10. The van der Waals surface area contributed by atoms with Crippen LogP contribution < -0.4 is 0 Å². The highest BCUT2D eigenvalue weighted by molar-refractivity contribution is 4.68. The molecule has 0 heterocycles. The molecule has 4 atom stereocenters. The molecule has 0 aromatic rings. The molecule has 0 aromatic carbocycles. The van der Waals surface area contributed by atoms with Crippen LogP contribution in [0.25, 0.3) is 0 Å². The number of hydrogen-bond acceptors (Lipinski definition) is 20. The zero-order valence-electron chi connectivity index (χ0n) is 16.9. The highest BCUT2D eigenvalue weighted by Crippen LogP contribution is 2.12. The summed E-state index contributed by atoms with van der Waals surface area (Å²) in [6.07, 6.45) is -9.19. The Morgan fingerprint density at radius 3 is 1.00 bits per heavy atom. The average molecular weight is 543 g/mol. The van der Waals surface area contributed by atoms with Crippen LogP contribution in [-0.2, 0) is 38.7 Å². The lowest BCUT2D eigenvalue weighted by molar-refractivity contribution is -1.00. The van der Waals surface area contributed by atoms with Crippen molar-refractivity contribution < 1.29 is 79.5 Å².